The fraction of sp³-hybridized carbons (Fsp3) is 0.250. The Morgan fingerprint density at radius 3 is 2.49 bits per heavy atom. The highest BCUT2D eigenvalue weighted by molar-refractivity contribution is 8.00. The van der Waals surface area contributed by atoms with E-state index in [9.17, 15) is 19.1 Å². The minimum absolute atomic E-state index is 0.0611. The van der Waals surface area contributed by atoms with Gasteiger partial charge in [0.1, 0.15) is 11.6 Å². The van der Waals surface area contributed by atoms with Crippen LogP contribution in [0.5, 0.6) is 11.5 Å². The van der Waals surface area contributed by atoms with Gasteiger partial charge >= 0.3 is 5.91 Å². The number of thioether (sulfide) groups is 1. The van der Waals surface area contributed by atoms with E-state index < -0.39 is 17.7 Å². The van der Waals surface area contributed by atoms with Crippen LogP contribution in [0.25, 0.3) is 5.76 Å². The van der Waals surface area contributed by atoms with Crippen molar-refractivity contribution in [2.45, 2.75) is 42.8 Å². The number of rotatable bonds is 12. The molecule has 222 valence electrons. The number of nitrogens with zero attached hydrogens (tertiary/aromatic N) is 3. The van der Waals surface area contributed by atoms with Crippen molar-refractivity contribution in [1.82, 2.24) is 10.2 Å². The van der Waals surface area contributed by atoms with Crippen LogP contribution in [0.1, 0.15) is 49.4 Å². The number of aliphatic hydroxyl groups excluding tert-OH is 1. The summed E-state index contributed by atoms with van der Waals surface area (Å²) in [6.07, 6.45) is 1.85. The van der Waals surface area contributed by atoms with E-state index in [-0.39, 0.29) is 22.3 Å². The van der Waals surface area contributed by atoms with Crippen molar-refractivity contribution in [2.75, 3.05) is 18.1 Å². The Kier molecular flexibility index (Phi) is 9.73. The fourth-order valence-corrected chi connectivity index (χ4v) is 6.41. The van der Waals surface area contributed by atoms with Gasteiger partial charge in [-0.1, -0.05) is 85.0 Å². The quantitative estimate of drug-likeness (QED) is 0.0445. The number of ether oxygens (including phenoxy) is 2. The highest BCUT2D eigenvalue weighted by atomic mass is 32.2. The van der Waals surface area contributed by atoms with Crippen LogP contribution in [-0.4, -0.2) is 40.2 Å². The number of carbonyl (C=O) groups is 2. The maximum atomic E-state index is 13.6. The molecule has 1 atom stereocenters. The molecule has 4 aromatic rings. The van der Waals surface area contributed by atoms with Crippen LogP contribution in [-0.2, 0) is 15.3 Å². The van der Waals surface area contributed by atoms with Gasteiger partial charge in [-0.05, 0) is 48.7 Å². The molecule has 1 fully saturated rings. The van der Waals surface area contributed by atoms with E-state index in [1.54, 1.807) is 60.7 Å². The van der Waals surface area contributed by atoms with Crippen molar-refractivity contribution in [3.05, 3.63) is 101 Å². The summed E-state index contributed by atoms with van der Waals surface area (Å²) in [7, 11) is 0. The number of carbonyl (C=O) groups excluding carboxylic acids is 2. The average molecular weight is 620 g/mol. The molecule has 1 aliphatic heterocycles. The number of Topliss-reactive ketones (excluding diaryl/α,β-unsaturated/α-hetero) is 1. The summed E-state index contributed by atoms with van der Waals surface area (Å²) in [5, 5.41) is 20.1. The topological polar surface area (TPSA) is 102 Å². The predicted octanol–water partition coefficient (Wildman–Crippen LogP) is 7.17. The Morgan fingerprint density at radius 2 is 1.77 bits per heavy atom. The van der Waals surface area contributed by atoms with E-state index in [0.29, 0.717) is 45.9 Å². The molecule has 8 nitrogen and oxygen atoms in total. The van der Waals surface area contributed by atoms with Crippen molar-refractivity contribution in [3.8, 4) is 11.5 Å². The Balaban J connectivity index is 1.55. The molecule has 5 rings (SSSR count). The molecular weight excluding hydrogens is 590 g/mol. The smallest absolute Gasteiger partial charge is 0.301 e. The maximum absolute atomic E-state index is 13.6. The third kappa shape index (κ3) is 6.73. The molecule has 0 spiro atoms. The molecule has 43 heavy (non-hydrogen) atoms. The third-order valence-electron chi connectivity index (χ3n) is 6.71. The van der Waals surface area contributed by atoms with E-state index in [1.807, 2.05) is 6.92 Å². The standard InChI is InChI=1S/C32H30FN3O5S2/c1-3-5-17-41-24-16-13-22(18-25(24)40-4-2)27-26(28(37)21-9-7-6-8-10-21)29(38)30(39)36(27)31-34-35-32(43-31)42-19-20-11-14-23(33)15-12-20/h6-16,18,27,37H,3-5,17,19H2,1-2H3. The number of hydrogen-bond donors (Lipinski definition) is 1. The fourth-order valence-electron chi connectivity index (χ4n) is 4.59. The summed E-state index contributed by atoms with van der Waals surface area (Å²) in [4.78, 5) is 28.4. The van der Waals surface area contributed by atoms with Gasteiger partial charge in [0.15, 0.2) is 15.8 Å². The van der Waals surface area contributed by atoms with E-state index >= 15 is 0 Å². The highest BCUT2D eigenvalue weighted by Gasteiger charge is 2.48. The number of amides is 1. The zero-order chi connectivity index (χ0) is 30.3. The van der Waals surface area contributed by atoms with Crippen LogP contribution in [0.15, 0.2) is 82.7 Å². The normalized spacial score (nSPS) is 16.1. The second-order valence-corrected chi connectivity index (χ2v) is 11.8. The lowest BCUT2D eigenvalue weighted by Gasteiger charge is -2.23. The van der Waals surface area contributed by atoms with Gasteiger partial charge in [-0.15, -0.1) is 10.2 Å². The van der Waals surface area contributed by atoms with Gasteiger partial charge in [0, 0.05) is 11.3 Å². The molecule has 11 heteroatoms. The highest BCUT2D eigenvalue weighted by Crippen LogP contribution is 2.45. The Labute approximate surface area is 257 Å². The molecule has 1 aliphatic rings. The van der Waals surface area contributed by atoms with Crippen LogP contribution >= 0.6 is 23.1 Å². The number of halogens is 1. The first kappa shape index (κ1) is 30.2. The number of aromatic nitrogens is 2. The summed E-state index contributed by atoms with van der Waals surface area (Å²) in [5.41, 5.74) is 1.78. The summed E-state index contributed by atoms with van der Waals surface area (Å²) < 4.78 is 25.7. The van der Waals surface area contributed by atoms with Gasteiger partial charge in [-0.3, -0.25) is 14.5 Å². The minimum Gasteiger partial charge on any atom is -0.507 e. The third-order valence-corrected chi connectivity index (χ3v) is 8.83. The largest absolute Gasteiger partial charge is 0.507 e. The van der Waals surface area contributed by atoms with E-state index in [2.05, 4.69) is 17.1 Å². The molecule has 0 saturated carbocycles. The van der Waals surface area contributed by atoms with Gasteiger partial charge in [-0.2, -0.15) is 0 Å². The minimum atomic E-state index is -0.994. The van der Waals surface area contributed by atoms with Crippen molar-refractivity contribution in [2.24, 2.45) is 0 Å². The van der Waals surface area contributed by atoms with Gasteiger partial charge in [0.25, 0.3) is 5.78 Å². The van der Waals surface area contributed by atoms with E-state index in [4.69, 9.17) is 9.47 Å². The monoisotopic (exact) mass is 619 g/mol. The van der Waals surface area contributed by atoms with Crippen molar-refractivity contribution >= 4 is 45.7 Å². The second-order valence-electron chi connectivity index (χ2n) is 9.64. The molecule has 3 aromatic carbocycles. The van der Waals surface area contributed by atoms with Crippen molar-refractivity contribution in [1.29, 1.82) is 0 Å². The zero-order valence-corrected chi connectivity index (χ0v) is 25.3. The molecule has 2 heterocycles. The van der Waals surface area contributed by atoms with Crippen LogP contribution in [0, 0.1) is 5.82 Å². The van der Waals surface area contributed by atoms with E-state index in [0.717, 1.165) is 29.7 Å². The van der Waals surface area contributed by atoms with Crippen LogP contribution in [0.2, 0.25) is 0 Å². The lowest BCUT2D eigenvalue weighted by atomic mass is 9.95. The molecule has 1 N–H and O–H groups in total. The number of unbranched alkanes of at least 4 members (excludes halogenated alkanes) is 1. The Morgan fingerprint density at radius 1 is 1.00 bits per heavy atom. The van der Waals surface area contributed by atoms with Gasteiger partial charge in [-0.25, -0.2) is 4.39 Å². The van der Waals surface area contributed by atoms with Crippen LogP contribution < -0.4 is 14.4 Å². The molecule has 1 amide bonds. The summed E-state index contributed by atoms with van der Waals surface area (Å²) in [6.45, 7) is 4.83. The van der Waals surface area contributed by atoms with Crippen molar-refractivity contribution < 1.29 is 28.6 Å². The predicted molar refractivity (Wildman–Crippen MR) is 165 cm³/mol. The molecule has 1 aromatic heterocycles. The lowest BCUT2D eigenvalue weighted by Crippen LogP contribution is -2.29. The van der Waals surface area contributed by atoms with Crippen molar-refractivity contribution in [3.63, 3.8) is 0 Å². The maximum Gasteiger partial charge on any atom is 0.301 e. The Hall–Kier alpha value is -4.22. The first-order chi connectivity index (χ1) is 20.9. The van der Waals surface area contributed by atoms with Gasteiger partial charge < -0.3 is 14.6 Å². The first-order valence-electron chi connectivity index (χ1n) is 13.9. The lowest BCUT2D eigenvalue weighted by molar-refractivity contribution is -0.132. The average Bonchev–Trinajstić information content (AvgIpc) is 3.59. The zero-order valence-electron chi connectivity index (χ0n) is 23.7. The molecule has 1 unspecified atom stereocenters. The number of benzene rings is 3. The molecular formula is C32H30FN3O5S2. The van der Waals surface area contributed by atoms with Crippen LogP contribution in [0.3, 0.4) is 0 Å². The number of aliphatic hydroxyl groups is 1. The van der Waals surface area contributed by atoms with E-state index in [1.165, 1.54) is 28.8 Å². The SMILES string of the molecule is CCCCOc1ccc(C2C(=C(O)c3ccccc3)C(=O)C(=O)N2c2nnc(SCc3ccc(F)cc3)s2)cc1OCC. The second kappa shape index (κ2) is 13.8. The first-order valence-corrected chi connectivity index (χ1v) is 15.7. The molecule has 0 aliphatic carbocycles. The summed E-state index contributed by atoms with van der Waals surface area (Å²) in [6, 6.07) is 19.0. The molecule has 0 bridgehead atoms. The summed E-state index contributed by atoms with van der Waals surface area (Å²) in [5.74, 6) is -0.724. The summed E-state index contributed by atoms with van der Waals surface area (Å²) >= 11 is 2.54. The number of hydrogen-bond acceptors (Lipinski definition) is 9. The van der Waals surface area contributed by atoms with Gasteiger partial charge in [0.05, 0.1) is 24.8 Å². The molecule has 0 radical (unpaired) electrons. The van der Waals surface area contributed by atoms with Gasteiger partial charge in [0.2, 0.25) is 5.13 Å². The number of ketones is 1. The molecule has 1 saturated heterocycles. The number of anilines is 1. The van der Waals surface area contributed by atoms with Crippen LogP contribution in [0.4, 0.5) is 9.52 Å². The Bertz CT molecular complexity index is 1630.